The van der Waals surface area contributed by atoms with Gasteiger partial charge < -0.3 is 19.5 Å². The number of fused-ring (bicyclic) bond motifs is 1. The van der Waals surface area contributed by atoms with Crippen LogP contribution in [0.1, 0.15) is 64.3 Å². The normalized spacial score (nSPS) is 15.7. The van der Waals surface area contributed by atoms with Crippen LogP contribution in [0.4, 0.5) is 19.3 Å². The van der Waals surface area contributed by atoms with Gasteiger partial charge in [0.1, 0.15) is 29.0 Å². The molecule has 0 aliphatic carbocycles. The molecule has 3 rings (SSSR count). The predicted molar refractivity (Wildman–Crippen MR) is 137 cm³/mol. The molecule has 1 aliphatic heterocycles. The number of nitrogens with one attached hydrogen (secondary N) is 1. The van der Waals surface area contributed by atoms with Gasteiger partial charge in [0.25, 0.3) is 5.91 Å². The van der Waals surface area contributed by atoms with E-state index in [0.29, 0.717) is 24.3 Å². The lowest BCUT2D eigenvalue weighted by Gasteiger charge is -2.37. The quantitative estimate of drug-likeness (QED) is 0.504. The summed E-state index contributed by atoms with van der Waals surface area (Å²) in [6.07, 6.45) is -0.165. The van der Waals surface area contributed by atoms with Crippen LogP contribution in [0.15, 0.2) is 30.3 Å². The van der Waals surface area contributed by atoms with E-state index in [0.717, 1.165) is 17.7 Å². The number of rotatable bonds is 7. The first-order chi connectivity index (χ1) is 17.3. The molecule has 0 bridgehead atoms. The molecule has 0 fully saturated rings. The number of carbonyl (C=O) groups excluding carboxylic acids is 2. The van der Waals surface area contributed by atoms with Crippen LogP contribution < -0.4 is 10.1 Å². The SMILES string of the molecule is CCOCC(C)(C)c1c(F)cc(NC(=O)[C@@H]2c3ccc(OC)cc3CCN2C(=O)OC(C)(C)C)cc1F. The zero-order chi connectivity index (χ0) is 27.5. The molecule has 2 aromatic rings. The van der Waals surface area contributed by atoms with Gasteiger partial charge in [0.2, 0.25) is 0 Å². The highest BCUT2D eigenvalue weighted by atomic mass is 19.1. The van der Waals surface area contributed by atoms with Crippen molar-refractivity contribution in [2.75, 3.05) is 32.2 Å². The molecule has 1 heterocycles. The van der Waals surface area contributed by atoms with Crippen molar-refractivity contribution in [1.29, 1.82) is 0 Å². The molecule has 202 valence electrons. The van der Waals surface area contributed by atoms with Crippen LogP contribution in [-0.4, -0.2) is 49.4 Å². The topological polar surface area (TPSA) is 77.1 Å². The first-order valence-corrected chi connectivity index (χ1v) is 12.3. The monoisotopic (exact) mass is 518 g/mol. The highest BCUT2D eigenvalue weighted by molar-refractivity contribution is 5.98. The molecule has 0 aromatic heterocycles. The molecule has 0 saturated heterocycles. The minimum absolute atomic E-state index is 0.0549. The zero-order valence-corrected chi connectivity index (χ0v) is 22.5. The van der Waals surface area contributed by atoms with Crippen LogP contribution in [0.2, 0.25) is 0 Å². The van der Waals surface area contributed by atoms with Crippen LogP contribution in [0.3, 0.4) is 0 Å². The fourth-order valence-corrected chi connectivity index (χ4v) is 4.46. The van der Waals surface area contributed by atoms with Gasteiger partial charge in [0.15, 0.2) is 0 Å². The summed E-state index contributed by atoms with van der Waals surface area (Å²) in [7, 11) is 1.55. The number of methoxy groups -OCH3 is 1. The molecule has 0 spiro atoms. The predicted octanol–water partition coefficient (Wildman–Crippen LogP) is 5.76. The number of carbonyl (C=O) groups is 2. The molecule has 9 heteroatoms. The van der Waals surface area contributed by atoms with Gasteiger partial charge in [-0.05, 0) is 69.5 Å². The third-order valence-corrected chi connectivity index (χ3v) is 6.11. The third-order valence-electron chi connectivity index (χ3n) is 6.11. The van der Waals surface area contributed by atoms with Crippen molar-refractivity contribution in [2.24, 2.45) is 0 Å². The minimum Gasteiger partial charge on any atom is -0.497 e. The highest BCUT2D eigenvalue weighted by Crippen LogP contribution is 2.35. The number of anilines is 1. The van der Waals surface area contributed by atoms with Crippen LogP contribution >= 0.6 is 0 Å². The highest BCUT2D eigenvalue weighted by Gasteiger charge is 2.39. The average Bonchev–Trinajstić information content (AvgIpc) is 2.79. The molecule has 1 atom stereocenters. The van der Waals surface area contributed by atoms with Crippen LogP contribution in [0.5, 0.6) is 5.75 Å². The van der Waals surface area contributed by atoms with E-state index in [4.69, 9.17) is 14.2 Å². The summed E-state index contributed by atoms with van der Waals surface area (Å²) in [6.45, 7) is 11.2. The first kappa shape index (κ1) is 28.4. The molecule has 0 saturated carbocycles. The summed E-state index contributed by atoms with van der Waals surface area (Å²) < 4.78 is 46.4. The van der Waals surface area contributed by atoms with Gasteiger partial charge in [0, 0.05) is 29.8 Å². The van der Waals surface area contributed by atoms with Crippen molar-refractivity contribution in [3.05, 3.63) is 58.7 Å². The molecule has 1 aliphatic rings. The second-order valence-electron chi connectivity index (χ2n) is 10.7. The van der Waals surface area contributed by atoms with E-state index >= 15 is 8.78 Å². The van der Waals surface area contributed by atoms with Crippen molar-refractivity contribution in [1.82, 2.24) is 4.90 Å². The summed E-state index contributed by atoms with van der Waals surface area (Å²) in [6, 6.07) is 6.34. The Morgan fingerprint density at radius 3 is 2.30 bits per heavy atom. The number of hydrogen-bond acceptors (Lipinski definition) is 5. The second-order valence-corrected chi connectivity index (χ2v) is 10.7. The Morgan fingerprint density at radius 2 is 1.73 bits per heavy atom. The maximum atomic E-state index is 15.1. The molecule has 2 aromatic carbocycles. The Bertz CT molecular complexity index is 1140. The van der Waals surface area contributed by atoms with E-state index < -0.39 is 40.7 Å². The number of ether oxygens (including phenoxy) is 3. The van der Waals surface area contributed by atoms with Crippen LogP contribution in [0, 0.1) is 11.6 Å². The van der Waals surface area contributed by atoms with E-state index in [1.807, 2.05) is 13.0 Å². The zero-order valence-electron chi connectivity index (χ0n) is 22.5. The average molecular weight is 519 g/mol. The number of benzene rings is 2. The Labute approximate surface area is 217 Å². The summed E-state index contributed by atoms with van der Waals surface area (Å²) >= 11 is 0. The maximum absolute atomic E-state index is 15.1. The van der Waals surface area contributed by atoms with Crippen molar-refractivity contribution in [3.8, 4) is 5.75 Å². The molecule has 37 heavy (non-hydrogen) atoms. The number of nitrogens with zero attached hydrogens (tertiary/aromatic N) is 1. The van der Waals surface area contributed by atoms with Crippen LogP contribution in [-0.2, 0) is 26.1 Å². The fourth-order valence-electron chi connectivity index (χ4n) is 4.46. The van der Waals surface area contributed by atoms with Crippen molar-refractivity contribution in [3.63, 3.8) is 0 Å². The lowest BCUT2D eigenvalue weighted by atomic mass is 9.84. The molecule has 0 unspecified atom stereocenters. The molecule has 7 nitrogen and oxygen atoms in total. The van der Waals surface area contributed by atoms with Crippen molar-refractivity contribution >= 4 is 17.7 Å². The van der Waals surface area contributed by atoms with Gasteiger partial charge in [-0.1, -0.05) is 19.9 Å². The molecular weight excluding hydrogens is 482 g/mol. The van der Waals surface area contributed by atoms with Crippen molar-refractivity contribution in [2.45, 2.75) is 65.0 Å². The molecule has 1 N–H and O–H groups in total. The smallest absolute Gasteiger partial charge is 0.411 e. The molecule has 2 amide bonds. The van der Waals surface area contributed by atoms with Gasteiger partial charge in [0.05, 0.1) is 13.7 Å². The van der Waals surface area contributed by atoms with Crippen LogP contribution in [0.25, 0.3) is 0 Å². The second kappa shape index (κ2) is 11.0. The van der Waals surface area contributed by atoms with E-state index in [1.165, 1.54) is 4.90 Å². The van der Waals surface area contributed by atoms with Gasteiger partial charge >= 0.3 is 6.09 Å². The summed E-state index contributed by atoms with van der Waals surface area (Å²) in [5.41, 5.74) is -0.434. The maximum Gasteiger partial charge on any atom is 0.411 e. The third kappa shape index (κ3) is 6.57. The lowest BCUT2D eigenvalue weighted by molar-refractivity contribution is -0.122. The van der Waals surface area contributed by atoms with E-state index in [9.17, 15) is 9.59 Å². The van der Waals surface area contributed by atoms with Gasteiger partial charge in [-0.25, -0.2) is 13.6 Å². The Hall–Kier alpha value is -3.20. The van der Waals surface area contributed by atoms with Crippen molar-refractivity contribution < 1.29 is 32.6 Å². The summed E-state index contributed by atoms with van der Waals surface area (Å²) in [5.74, 6) is -1.58. The van der Waals surface area contributed by atoms with Gasteiger partial charge in [-0.3, -0.25) is 9.69 Å². The molecule has 0 radical (unpaired) electrons. The van der Waals surface area contributed by atoms with E-state index in [-0.39, 0.29) is 24.4 Å². The number of halogens is 2. The Kier molecular flexibility index (Phi) is 8.47. The molecular formula is C28H36F2N2O5. The first-order valence-electron chi connectivity index (χ1n) is 12.3. The summed E-state index contributed by atoms with van der Waals surface area (Å²) in [4.78, 5) is 27.9. The number of hydrogen-bond donors (Lipinski definition) is 1. The van der Waals surface area contributed by atoms with Gasteiger partial charge in [-0.15, -0.1) is 0 Å². The fraction of sp³-hybridized carbons (Fsp3) is 0.500. The largest absolute Gasteiger partial charge is 0.497 e. The Morgan fingerprint density at radius 1 is 1.08 bits per heavy atom. The number of amides is 2. The lowest BCUT2D eigenvalue weighted by Crippen LogP contribution is -2.47. The van der Waals surface area contributed by atoms with E-state index in [2.05, 4.69) is 5.32 Å². The standard InChI is InChI=1S/C28H36F2N2O5/c1-8-36-16-28(5,6)23-21(29)14-18(15-22(23)30)31-25(33)24-20-10-9-19(35-7)13-17(20)11-12-32(24)26(34)37-27(2,3)4/h9-10,13-15,24H,8,11-12,16H2,1-7H3,(H,31,33)/t24-/m0/s1. The van der Waals surface area contributed by atoms with Gasteiger partial charge in [-0.2, -0.15) is 0 Å². The van der Waals surface area contributed by atoms with E-state index in [1.54, 1.807) is 53.9 Å². The minimum atomic E-state index is -1.07. The summed E-state index contributed by atoms with van der Waals surface area (Å²) in [5, 5.41) is 2.60. The Balaban J connectivity index is 1.96.